The van der Waals surface area contributed by atoms with E-state index in [4.69, 9.17) is 9.72 Å². The molecule has 0 saturated carbocycles. The lowest BCUT2D eigenvalue weighted by atomic mass is 10.0. The average molecular weight is 493 g/mol. The highest BCUT2D eigenvalue weighted by atomic mass is 32.1. The van der Waals surface area contributed by atoms with Gasteiger partial charge in [0, 0.05) is 31.9 Å². The summed E-state index contributed by atoms with van der Waals surface area (Å²) in [6.45, 7) is 5.06. The molecule has 2 aromatic carbocycles. The summed E-state index contributed by atoms with van der Waals surface area (Å²) in [6.07, 6.45) is 4.09. The number of nitrogens with one attached hydrogen (secondary N) is 2. The van der Waals surface area contributed by atoms with E-state index in [0.29, 0.717) is 19.5 Å². The molecule has 3 N–H and O–H groups in total. The Morgan fingerprint density at radius 1 is 1.26 bits per heavy atom. The van der Waals surface area contributed by atoms with Crippen LogP contribution in [0.1, 0.15) is 43.9 Å². The third-order valence-electron chi connectivity index (χ3n) is 6.65. The molecule has 0 spiro atoms. The third kappa shape index (κ3) is 4.86. The zero-order valence-electron chi connectivity index (χ0n) is 20.4. The number of nitrogens with zero attached hydrogens (tertiary/aromatic N) is 2. The van der Waals surface area contributed by atoms with Crippen LogP contribution in [-0.2, 0) is 6.42 Å². The lowest BCUT2D eigenvalue weighted by Gasteiger charge is -2.21. The number of β-amino-alcohol motifs (C(OH)–C–C–N with tert-alkyl or cyclic N) is 1. The molecule has 7 nitrogen and oxygen atoms in total. The molecule has 3 aromatic rings. The van der Waals surface area contributed by atoms with Crippen LogP contribution in [0.2, 0.25) is 0 Å². The van der Waals surface area contributed by atoms with Gasteiger partial charge < -0.3 is 25.4 Å². The van der Waals surface area contributed by atoms with Crippen molar-refractivity contribution in [3.63, 3.8) is 0 Å². The van der Waals surface area contributed by atoms with Gasteiger partial charge >= 0.3 is 6.03 Å². The van der Waals surface area contributed by atoms with Gasteiger partial charge in [0.2, 0.25) is 0 Å². The molecule has 0 bridgehead atoms. The van der Waals surface area contributed by atoms with E-state index < -0.39 is 6.10 Å². The van der Waals surface area contributed by atoms with Crippen molar-refractivity contribution in [2.24, 2.45) is 0 Å². The number of urea groups is 1. The molecule has 5 rings (SSSR count). The van der Waals surface area contributed by atoms with Crippen molar-refractivity contribution in [2.75, 3.05) is 25.5 Å². The highest BCUT2D eigenvalue weighted by molar-refractivity contribution is 7.18. The predicted octanol–water partition coefficient (Wildman–Crippen LogP) is 5.07. The fourth-order valence-corrected chi connectivity index (χ4v) is 5.91. The number of hydrogen-bond acceptors (Lipinski definition) is 6. The van der Waals surface area contributed by atoms with E-state index in [1.54, 1.807) is 16.2 Å². The van der Waals surface area contributed by atoms with Gasteiger partial charge in [0.15, 0.2) is 0 Å². The number of aliphatic hydroxyl groups excluding tert-OH is 1. The van der Waals surface area contributed by atoms with Crippen LogP contribution in [0.4, 0.5) is 10.5 Å². The minimum absolute atomic E-state index is 0.00530. The molecule has 35 heavy (non-hydrogen) atoms. The maximum atomic E-state index is 12.7. The number of likely N-dealkylation sites (tertiary alicyclic amines) is 1. The Morgan fingerprint density at radius 2 is 2.11 bits per heavy atom. The molecule has 1 aliphatic heterocycles. The quantitative estimate of drug-likeness (QED) is 0.447. The van der Waals surface area contributed by atoms with Gasteiger partial charge in [0.25, 0.3) is 0 Å². The Balaban J connectivity index is 1.37. The predicted molar refractivity (Wildman–Crippen MR) is 140 cm³/mol. The van der Waals surface area contributed by atoms with Gasteiger partial charge in [0.1, 0.15) is 10.8 Å². The van der Waals surface area contributed by atoms with Gasteiger partial charge in [-0.2, -0.15) is 0 Å². The Morgan fingerprint density at radius 3 is 2.86 bits per heavy atom. The first-order valence-electron chi connectivity index (χ1n) is 12.2. The van der Waals surface area contributed by atoms with E-state index in [2.05, 4.69) is 41.0 Å². The minimum atomic E-state index is -0.410. The summed E-state index contributed by atoms with van der Waals surface area (Å²) in [5.74, 6) is 0.834. The number of benzene rings is 2. The molecule has 0 radical (unpaired) electrons. The molecule has 1 saturated heterocycles. The third-order valence-corrected chi connectivity index (χ3v) is 7.73. The molecule has 8 heteroatoms. The largest absolute Gasteiger partial charge is 0.489 e. The summed E-state index contributed by atoms with van der Waals surface area (Å²) in [5, 5.41) is 17.1. The van der Waals surface area contributed by atoms with E-state index in [0.717, 1.165) is 39.7 Å². The normalized spacial score (nSPS) is 19.2. The van der Waals surface area contributed by atoms with Crippen molar-refractivity contribution < 1.29 is 14.6 Å². The van der Waals surface area contributed by atoms with Crippen LogP contribution in [0, 0.1) is 0 Å². The molecule has 2 atom stereocenters. The lowest BCUT2D eigenvalue weighted by molar-refractivity contribution is 0.170. The zero-order chi connectivity index (χ0) is 24.5. The summed E-state index contributed by atoms with van der Waals surface area (Å²) in [4.78, 5) is 20.3. The van der Waals surface area contributed by atoms with Gasteiger partial charge in [-0.1, -0.05) is 18.2 Å². The molecule has 1 aromatic heterocycles. The second-order valence-electron chi connectivity index (χ2n) is 9.46. The van der Waals surface area contributed by atoms with Gasteiger partial charge in [-0.05, 0) is 68.0 Å². The maximum Gasteiger partial charge on any atom is 0.317 e. The Hall–Kier alpha value is -3.10. The first-order chi connectivity index (χ1) is 16.9. The molecule has 2 heterocycles. The Kier molecular flexibility index (Phi) is 6.67. The topological polar surface area (TPSA) is 86.7 Å². The lowest BCUT2D eigenvalue weighted by Crippen LogP contribution is -2.40. The maximum absolute atomic E-state index is 12.7. The van der Waals surface area contributed by atoms with E-state index in [-0.39, 0.29) is 18.2 Å². The molecule has 1 fully saturated rings. The number of rotatable bonds is 6. The van der Waals surface area contributed by atoms with Crippen molar-refractivity contribution in [1.29, 1.82) is 0 Å². The molecule has 2 aliphatic rings. The second-order valence-corrected chi connectivity index (χ2v) is 10.5. The minimum Gasteiger partial charge on any atom is -0.489 e. The standard InChI is InChI=1S/C27H32N4O3S/c1-16(2)34-24-10-7-17(13-23(24)28-3)26-29-14-25(35-26)21-6-4-5-20-19(21)8-9-22(20)30-27(33)31-12-11-18(32)15-31/h4-7,10,13-14,16,18,22,28,32H,8-9,11-12,15H2,1-3H3,(H,30,33)/t18-,22-/m0/s1. The Bertz CT molecular complexity index is 1220. The SMILES string of the molecule is CNc1cc(-c2ncc(-c3cccc4c3CC[C@@H]4NC(=O)N3CC[C@H](O)C3)s2)ccc1OC(C)C. The first-order valence-corrected chi connectivity index (χ1v) is 13.0. The molecule has 0 unspecified atom stereocenters. The highest BCUT2D eigenvalue weighted by Gasteiger charge is 2.30. The zero-order valence-corrected chi connectivity index (χ0v) is 21.2. The average Bonchev–Trinajstić information content (AvgIpc) is 3.59. The Labute approximate surface area is 210 Å². The number of fused-ring (bicyclic) bond motifs is 1. The van der Waals surface area contributed by atoms with E-state index in [9.17, 15) is 9.90 Å². The first kappa shape index (κ1) is 23.6. The van der Waals surface area contributed by atoms with Crippen LogP contribution in [-0.4, -0.2) is 53.4 Å². The number of carbonyl (C=O) groups excluding carboxylic acids is 1. The van der Waals surface area contributed by atoms with Crippen molar-refractivity contribution in [2.45, 2.75) is 51.4 Å². The molecular formula is C27H32N4O3S. The van der Waals surface area contributed by atoms with Gasteiger partial charge in [-0.25, -0.2) is 9.78 Å². The van der Waals surface area contributed by atoms with E-state index >= 15 is 0 Å². The summed E-state index contributed by atoms with van der Waals surface area (Å²) >= 11 is 1.68. The molecule has 2 amide bonds. The summed E-state index contributed by atoms with van der Waals surface area (Å²) < 4.78 is 5.90. The highest BCUT2D eigenvalue weighted by Crippen LogP contribution is 2.41. The monoisotopic (exact) mass is 492 g/mol. The van der Waals surface area contributed by atoms with Crippen LogP contribution < -0.4 is 15.4 Å². The van der Waals surface area contributed by atoms with Crippen LogP contribution in [0.15, 0.2) is 42.6 Å². The number of thiazole rings is 1. The number of hydrogen-bond donors (Lipinski definition) is 3. The van der Waals surface area contributed by atoms with Crippen LogP contribution in [0.5, 0.6) is 5.75 Å². The van der Waals surface area contributed by atoms with Gasteiger partial charge in [0.05, 0.1) is 28.8 Å². The molecule has 1 aliphatic carbocycles. The fourth-order valence-electron chi connectivity index (χ4n) is 4.95. The van der Waals surface area contributed by atoms with Crippen molar-refractivity contribution in [1.82, 2.24) is 15.2 Å². The van der Waals surface area contributed by atoms with Crippen molar-refractivity contribution in [3.05, 3.63) is 53.7 Å². The number of aliphatic hydroxyl groups is 1. The van der Waals surface area contributed by atoms with Crippen LogP contribution in [0.25, 0.3) is 21.0 Å². The number of ether oxygens (including phenoxy) is 1. The van der Waals surface area contributed by atoms with Gasteiger partial charge in [-0.3, -0.25) is 0 Å². The summed E-state index contributed by atoms with van der Waals surface area (Å²) in [6, 6.07) is 12.4. The smallest absolute Gasteiger partial charge is 0.317 e. The number of aromatic nitrogens is 1. The van der Waals surface area contributed by atoms with Crippen molar-refractivity contribution in [3.8, 4) is 26.8 Å². The fraction of sp³-hybridized carbons (Fsp3) is 0.407. The molecular weight excluding hydrogens is 460 g/mol. The van der Waals surface area contributed by atoms with Crippen LogP contribution >= 0.6 is 11.3 Å². The summed E-state index contributed by atoms with van der Waals surface area (Å²) in [5.41, 5.74) is 5.64. The number of amides is 2. The summed E-state index contributed by atoms with van der Waals surface area (Å²) in [7, 11) is 1.90. The number of anilines is 1. The molecule has 184 valence electrons. The van der Waals surface area contributed by atoms with Crippen molar-refractivity contribution >= 4 is 23.1 Å². The number of carbonyl (C=O) groups is 1. The van der Waals surface area contributed by atoms with Gasteiger partial charge in [-0.15, -0.1) is 11.3 Å². The van der Waals surface area contributed by atoms with E-state index in [1.807, 2.05) is 33.2 Å². The van der Waals surface area contributed by atoms with Crippen LogP contribution in [0.3, 0.4) is 0 Å². The van der Waals surface area contributed by atoms with E-state index in [1.165, 1.54) is 16.7 Å². The second kappa shape index (κ2) is 9.87.